The van der Waals surface area contributed by atoms with E-state index in [1.54, 1.807) is 18.2 Å². The van der Waals surface area contributed by atoms with Crippen LogP contribution in [-0.2, 0) is 4.79 Å². The van der Waals surface area contributed by atoms with Gasteiger partial charge in [-0.3, -0.25) is 4.79 Å². The summed E-state index contributed by atoms with van der Waals surface area (Å²) in [5, 5.41) is 12.4. The molecule has 1 aromatic carbocycles. The first-order chi connectivity index (χ1) is 8.69. The van der Waals surface area contributed by atoms with Crippen LogP contribution in [0.15, 0.2) is 36.9 Å². The van der Waals surface area contributed by atoms with E-state index in [4.69, 9.17) is 4.74 Å². The summed E-state index contributed by atoms with van der Waals surface area (Å²) in [6.07, 6.45) is 1.63. The fourth-order valence-electron chi connectivity index (χ4n) is 1.49. The van der Waals surface area contributed by atoms with E-state index in [2.05, 4.69) is 11.9 Å². The van der Waals surface area contributed by atoms with Gasteiger partial charge in [0.15, 0.2) is 6.61 Å². The standard InChI is InChI=1S/C14H19NO3/c1-3-9-15-14(17)10-18-13-8-6-5-7-11(13)12(16)4-2/h3,5-8,12,16H,1,4,9-10H2,2H3,(H,15,17). The number of benzene rings is 1. The van der Waals surface area contributed by atoms with Gasteiger partial charge in [-0.25, -0.2) is 0 Å². The lowest BCUT2D eigenvalue weighted by Gasteiger charge is -2.14. The molecule has 4 nitrogen and oxygen atoms in total. The highest BCUT2D eigenvalue weighted by atomic mass is 16.5. The first-order valence-electron chi connectivity index (χ1n) is 5.96. The van der Waals surface area contributed by atoms with Crippen molar-refractivity contribution in [1.82, 2.24) is 5.32 Å². The maximum Gasteiger partial charge on any atom is 0.258 e. The number of para-hydroxylation sites is 1. The third kappa shape index (κ3) is 4.22. The largest absolute Gasteiger partial charge is 0.483 e. The maximum absolute atomic E-state index is 11.4. The number of ether oxygens (including phenoxy) is 1. The molecule has 1 unspecified atom stereocenters. The molecule has 1 aromatic rings. The van der Waals surface area contributed by atoms with Gasteiger partial charge in [-0.15, -0.1) is 6.58 Å². The summed E-state index contributed by atoms with van der Waals surface area (Å²) in [5.41, 5.74) is 0.705. The Hall–Kier alpha value is -1.81. The second-order valence-corrected chi connectivity index (χ2v) is 3.84. The molecule has 0 aromatic heterocycles. The molecule has 98 valence electrons. The fraction of sp³-hybridized carbons (Fsp3) is 0.357. The van der Waals surface area contributed by atoms with Crippen LogP contribution in [-0.4, -0.2) is 24.2 Å². The Morgan fingerprint density at radius 2 is 2.28 bits per heavy atom. The SMILES string of the molecule is C=CCNC(=O)COc1ccccc1C(O)CC. The Balaban J connectivity index is 2.61. The van der Waals surface area contributed by atoms with E-state index >= 15 is 0 Å². The van der Waals surface area contributed by atoms with E-state index in [0.29, 0.717) is 24.3 Å². The molecule has 0 saturated heterocycles. The van der Waals surface area contributed by atoms with Gasteiger partial charge < -0.3 is 15.2 Å². The van der Waals surface area contributed by atoms with Crippen molar-refractivity contribution in [3.8, 4) is 5.75 Å². The molecule has 0 aliphatic heterocycles. The van der Waals surface area contributed by atoms with Gasteiger partial charge in [0.2, 0.25) is 0 Å². The van der Waals surface area contributed by atoms with Crippen molar-refractivity contribution in [2.75, 3.05) is 13.2 Å². The minimum atomic E-state index is -0.572. The summed E-state index contributed by atoms with van der Waals surface area (Å²) in [5.74, 6) is 0.330. The molecule has 0 aliphatic rings. The van der Waals surface area contributed by atoms with E-state index in [1.165, 1.54) is 0 Å². The van der Waals surface area contributed by atoms with Crippen LogP contribution < -0.4 is 10.1 Å². The summed E-state index contributed by atoms with van der Waals surface area (Å²) < 4.78 is 5.41. The maximum atomic E-state index is 11.4. The van der Waals surface area contributed by atoms with Gasteiger partial charge in [0.1, 0.15) is 5.75 Å². The average Bonchev–Trinajstić information content (AvgIpc) is 2.42. The highest BCUT2D eigenvalue weighted by Crippen LogP contribution is 2.26. The molecule has 0 bridgehead atoms. The number of aliphatic hydroxyl groups excluding tert-OH is 1. The number of aliphatic hydroxyl groups is 1. The summed E-state index contributed by atoms with van der Waals surface area (Å²) in [4.78, 5) is 11.4. The van der Waals surface area contributed by atoms with Crippen molar-refractivity contribution in [1.29, 1.82) is 0 Å². The van der Waals surface area contributed by atoms with Crippen molar-refractivity contribution in [3.05, 3.63) is 42.5 Å². The van der Waals surface area contributed by atoms with Gasteiger partial charge in [-0.2, -0.15) is 0 Å². The zero-order valence-corrected chi connectivity index (χ0v) is 10.6. The van der Waals surface area contributed by atoms with Gasteiger partial charge in [-0.1, -0.05) is 31.2 Å². The molecule has 18 heavy (non-hydrogen) atoms. The molecule has 0 radical (unpaired) electrons. The van der Waals surface area contributed by atoms with Gasteiger partial charge in [0.05, 0.1) is 6.10 Å². The van der Waals surface area contributed by atoms with E-state index in [9.17, 15) is 9.90 Å². The third-order valence-electron chi connectivity index (χ3n) is 2.47. The van der Waals surface area contributed by atoms with E-state index < -0.39 is 6.10 Å². The minimum absolute atomic E-state index is 0.0682. The van der Waals surface area contributed by atoms with Crippen LogP contribution in [0.4, 0.5) is 0 Å². The Kier molecular flexibility index (Phi) is 5.94. The van der Waals surface area contributed by atoms with Crippen molar-refractivity contribution < 1.29 is 14.6 Å². The lowest BCUT2D eigenvalue weighted by Crippen LogP contribution is -2.29. The van der Waals surface area contributed by atoms with E-state index in [0.717, 1.165) is 0 Å². The van der Waals surface area contributed by atoms with Crippen LogP contribution in [0.25, 0.3) is 0 Å². The predicted molar refractivity (Wildman–Crippen MR) is 70.4 cm³/mol. The Bertz CT molecular complexity index is 404. The van der Waals surface area contributed by atoms with Crippen molar-refractivity contribution in [2.45, 2.75) is 19.4 Å². The number of hydrogen-bond acceptors (Lipinski definition) is 3. The van der Waals surface area contributed by atoms with Gasteiger partial charge >= 0.3 is 0 Å². The molecule has 2 N–H and O–H groups in total. The number of carbonyl (C=O) groups is 1. The Labute approximate surface area is 107 Å². The van der Waals surface area contributed by atoms with Crippen LogP contribution in [0.2, 0.25) is 0 Å². The van der Waals surface area contributed by atoms with Crippen LogP contribution in [0.1, 0.15) is 25.0 Å². The average molecular weight is 249 g/mol. The second-order valence-electron chi connectivity index (χ2n) is 3.84. The van der Waals surface area contributed by atoms with E-state index in [-0.39, 0.29) is 12.5 Å². The molecule has 1 rings (SSSR count). The van der Waals surface area contributed by atoms with Gasteiger partial charge in [0, 0.05) is 12.1 Å². The summed E-state index contributed by atoms with van der Waals surface area (Å²) >= 11 is 0. The fourth-order valence-corrected chi connectivity index (χ4v) is 1.49. The number of hydrogen-bond donors (Lipinski definition) is 2. The second kappa shape index (κ2) is 7.50. The smallest absolute Gasteiger partial charge is 0.258 e. The van der Waals surface area contributed by atoms with Gasteiger partial charge in [-0.05, 0) is 12.5 Å². The molecule has 4 heteroatoms. The number of nitrogens with one attached hydrogen (secondary N) is 1. The monoisotopic (exact) mass is 249 g/mol. The molecule has 0 aliphatic carbocycles. The summed E-state index contributed by atoms with van der Waals surface area (Å²) in [7, 11) is 0. The molecular formula is C14H19NO3. The molecule has 0 heterocycles. The van der Waals surface area contributed by atoms with Crippen LogP contribution in [0, 0.1) is 0 Å². The highest BCUT2D eigenvalue weighted by molar-refractivity contribution is 5.77. The number of rotatable bonds is 7. The molecule has 1 atom stereocenters. The topological polar surface area (TPSA) is 58.6 Å². The zero-order chi connectivity index (χ0) is 13.4. The predicted octanol–water partition coefficient (Wildman–Crippen LogP) is 1.81. The molecule has 1 amide bonds. The van der Waals surface area contributed by atoms with Gasteiger partial charge in [0.25, 0.3) is 5.91 Å². The molecular weight excluding hydrogens is 230 g/mol. The molecule has 0 saturated carbocycles. The molecule has 0 fully saturated rings. The normalized spacial score (nSPS) is 11.7. The van der Waals surface area contributed by atoms with Crippen molar-refractivity contribution in [2.24, 2.45) is 0 Å². The third-order valence-corrected chi connectivity index (χ3v) is 2.47. The summed E-state index contributed by atoms with van der Waals surface area (Å²) in [6.45, 7) is 5.75. The van der Waals surface area contributed by atoms with Crippen molar-refractivity contribution >= 4 is 5.91 Å². The quantitative estimate of drug-likeness (QED) is 0.725. The minimum Gasteiger partial charge on any atom is -0.483 e. The highest BCUT2D eigenvalue weighted by Gasteiger charge is 2.11. The Morgan fingerprint density at radius 3 is 2.94 bits per heavy atom. The Morgan fingerprint density at radius 1 is 1.56 bits per heavy atom. The lowest BCUT2D eigenvalue weighted by molar-refractivity contribution is -0.122. The first-order valence-corrected chi connectivity index (χ1v) is 5.96. The number of amides is 1. The van der Waals surface area contributed by atoms with E-state index in [1.807, 2.05) is 19.1 Å². The van der Waals surface area contributed by atoms with Crippen LogP contribution in [0.3, 0.4) is 0 Å². The van der Waals surface area contributed by atoms with Crippen molar-refractivity contribution in [3.63, 3.8) is 0 Å². The lowest BCUT2D eigenvalue weighted by atomic mass is 10.1. The number of carbonyl (C=O) groups excluding carboxylic acids is 1. The van der Waals surface area contributed by atoms with Crippen LogP contribution in [0.5, 0.6) is 5.75 Å². The first kappa shape index (κ1) is 14.3. The zero-order valence-electron chi connectivity index (χ0n) is 10.6. The molecule has 0 spiro atoms. The van der Waals surface area contributed by atoms with Crippen LogP contribution >= 0.6 is 0 Å². The summed E-state index contributed by atoms with van der Waals surface area (Å²) in [6, 6.07) is 7.18.